The van der Waals surface area contributed by atoms with Crippen LogP contribution in [0.15, 0.2) is 23.1 Å². The summed E-state index contributed by atoms with van der Waals surface area (Å²) in [4.78, 5) is 14.1. The highest BCUT2D eigenvalue weighted by molar-refractivity contribution is 8.13. The molecule has 1 saturated heterocycles. The fraction of sp³-hybridized carbons (Fsp3) is 0.500. The zero-order valence-electron chi connectivity index (χ0n) is 11.7. The summed E-state index contributed by atoms with van der Waals surface area (Å²) in [6.45, 7) is 3.36. The zero-order chi connectivity index (χ0) is 15.6. The van der Waals surface area contributed by atoms with Crippen LogP contribution in [-0.4, -0.2) is 32.3 Å². The van der Waals surface area contributed by atoms with E-state index in [4.69, 9.17) is 22.3 Å². The molecule has 1 aliphatic heterocycles. The summed E-state index contributed by atoms with van der Waals surface area (Å²) < 4.78 is 23.3. The Bertz CT molecular complexity index is 646. The number of hydrogen-bond donors (Lipinski definition) is 0. The van der Waals surface area contributed by atoms with Gasteiger partial charge in [0.1, 0.15) is 0 Å². The molecule has 0 radical (unpaired) electrons. The Labute approximate surface area is 134 Å². The van der Waals surface area contributed by atoms with E-state index in [9.17, 15) is 13.2 Å². The van der Waals surface area contributed by atoms with E-state index in [2.05, 4.69) is 6.92 Å². The van der Waals surface area contributed by atoms with Crippen molar-refractivity contribution in [3.05, 3.63) is 28.8 Å². The molecule has 2 rings (SSSR count). The second-order valence-corrected chi connectivity index (χ2v) is 8.32. The van der Waals surface area contributed by atoms with Crippen molar-refractivity contribution in [2.45, 2.75) is 31.1 Å². The summed E-state index contributed by atoms with van der Waals surface area (Å²) in [5.74, 6) is 0.194. The first-order valence-corrected chi connectivity index (χ1v) is 9.52. The Kier molecular flexibility index (Phi) is 5.17. The summed E-state index contributed by atoms with van der Waals surface area (Å²) in [5.41, 5.74) is -0.0243. The van der Waals surface area contributed by atoms with Crippen LogP contribution >= 0.6 is 22.3 Å². The molecule has 0 bridgehead atoms. The molecule has 1 aliphatic rings. The summed E-state index contributed by atoms with van der Waals surface area (Å²) in [6, 6.07) is 4.28. The Morgan fingerprint density at radius 2 is 2.00 bits per heavy atom. The monoisotopic (exact) mass is 349 g/mol. The number of likely N-dealkylation sites (tertiary alicyclic amines) is 1. The molecule has 7 heteroatoms. The lowest BCUT2D eigenvalue weighted by atomic mass is 10.0. The van der Waals surface area contributed by atoms with Gasteiger partial charge in [-0.25, -0.2) is 8.42 Å². The van der Waals surface area contributed by atoms with Crippen molar-refractivity contribution in [2.75, 3.05) is 13.1 Å². The maximum atomic E-state index is 12.7. The van der Waals surface area contributed by atoms with E-state index in [1.54, 1.807) is 4.90 Å². The van der Waals surface area contributed by atoms with E-state index in [-0.39, 0.29) is 21.4 Å². The number of amides is 1. The van der Waals surface area contributed by atoms with Gasteiger partial charge < -0.3 is 4.90 Å². The molecule has 0 aromatic heterocycles. The normalized spacial score (nSPS) is 20.1. The lowest BCUT2D eigenvalue weighted by molar-refractivity contribution is 0.0756. The minimum atomic E-state index is -4.02. The first-order chi connectivity index (χ1) is 9.80. The molecular formula is C14H17Cl2NO3S. The van der Waals surface area contributed by atoms with Crippen molar-refractivity contribution in [3.8, 4) is 0 Å². The molecular weight excluding hydrogens is 333 g/mol. The quantitative estimate of drug-likeness (QED) is 0.767. The van der Waals surface area contributed by atoms with Crippen LogP contribution in [0.1, 0.15) is 36.5 Å². The minimum absolute atomic E-state index is 0.0243. The van der Waals surface area contributed by atoms with Gasteiger partial charge >= 0.3 is 0 Å². The minimum Gasteiger partial charge on any atom is -0.339 e. The number of nitrogens with zero attached hydrogens (tertiary/aromatic N) is 1. The van der Waals surface area contributed by atoms with Crippen LogP contribution in [0.25, 0.3) is 0 Å². The molecule has 1 heterocycles. The average molecular weight is 350 g/mol. The Morgan fingerprint density at radius 3 is 2.67 bits per heavy atom. The summed E-state index contributed by atoms with van der Waals surface area (Å²) in [5, 5.41) is 0.110. The van der Waals surface area contributed by atoms with Gasteiger partial charge in [0.05, 0.1) is 15.5 Å². The highest BCUT2D eigenvalue weighted by atomic mass is 35.7. The van der Waals surface area contributed by atoms with E-state index in [1.165, 1.54) is 18.2 Å². The summed E-state index contributed by atoms with van der Waals surface area (Å²) in [6.07, 6.45) is 2.87. The van der Waals surface area contributed by atoms with Gasteiger partial charge in [0.15, 0.2) is 0 Å². The number of rotatable bonds is 2. The molecule has 4 nitrogen and oxygen atoms in total. The molecule has 1 unspecified atom stereocenters. The summed E-state index contributed by atoms with van der Waals surface area (Å²) >= 11 is 6.05. The van der Waals surface area contributed by atoms with Gasteiger partial charge in [-0.15, -0.1) is 0 Å². The molecule has 1 fully saturated rings. The molecule has 1 amide bonds. The molecule has 21 heavy (non-hydrogen) atoms. The van der Waals surface area contributed by atoms with Crippen LogP contribution in [-0.2, 0) is 9.05 Å². The lowest BCUT2D eigenvalue weighted by Gasteiger charge is -2.22. The molecule has 0 spiro atoms. The van der Waals surface area contributed by atoms with Gasteiger partial charge in [0.2, 0.25) is 0 Å². The molecule has 0 saturated carbocycles. The predicted octanol–water partition coefficient (Wildman–Crippen LogP) is 3.53. The fourth-order valence-electron chi connectivity index (χ4n) is 2.54. The predicted molar refractivity (Wildman–Crippen MR) is 83.4 cm³/mol. The second kappa shape index (κ2) is 6.55. The zero-order valence-corrected chi connectivity index (χ0v) is 14.0. The smallest absolute Gasteiger partial charge is 0.262 e. The SMILES string of the molecule is CC1CCCN(C(=O)c2c(Cl)cccc2S(=O)(=O)Cl)CC1. The van der Waals surface area contributed by atoms with Crippen molar-refractivity contribution in [1.82, 2.24) is 4.90 Å². The first-order valence-electron chi connectivity index (χ1n) is 6.83. The number of benzene rings is 1. The highest BCUT2D eigenvalue weighted by Crippen LogP contribution is 2.29. The number of carbonyl (C=O) groups is 1. The van der Waals surface area contributed by atoms with Gasteiger partial charge in [0, 0.05) is 23.8 Å². The topological polar surface area (TPSA) is 54.5 Å². The summed E-state index contributed by atoms with van der Waals surface area (Å²) in [7, 11) is 1.40. The molecule has 1 atom stereocenters. The van der Waals surface area contributed by atoms with E-state index >= 15 is 0 Å². The Balaban J connectivity index is 2.39. The van der Waals surface area contributed by atoms with E-state index in [0.717, 1.165) is 19.3 Å². The van der Waals surface area contributed by atoms with Crippen LogP contribution in [0.5, 0.6) is 0 Å². The maximum Gasteiger partial charge on any atom is 0.262 e. The van der Waals surface area contributed by atoms with E-state index < -0.39 is 9.05 Å². The molecule has 1 aromatic carbocycles. The Hall–Kier alpha value is -0.780. The third-order valence-corrected chi connectivity index (χ3v) is 5.44. The van der Waals surface area contributed by atoms with E-state index in [0.29, 0.717) is 19.0 Å². The average Bonchev–Trinajstić information content (AvgIpc) is 2.61. The Morgan fingerprint density at radius 1 is 1.29 bits per heavy atom. The van der Waals surface area contributed by atoms with Crippen LogP contribution in [0.3, 0.4) is 0 Å². The van der Waals surface area contributed by atoms with Gasteiger partial charge in [-0.2, -0.15) is 0 Å². The van der Waals surface area contributed by atoms with Gasteiger partial charge in [-0.1, -0.05) is 24.6 Å². The molecule has 0 aliphatic carbocycles. The van der Waals surface area contributed by atoms with Crippen LogP contribution in [0.4, 0.5) is 0 Å². The largest absolute Gasteiger partial charge is 0.339 e. The second-order valence-electron chi connectivity index (χ2n) is 5.38. The molecule has 0 N–H and O–H groups in total. The third-order valence-electron chi connectivity index (χ3n) is 3.76. The van der Waals surface area contributed by atoms with Crippen molar-refractivity contribution < 1.29 is 13.2 Å². The van der Waals surface area contributed by atoms with Gasteiger partial charge in [0.25, 0.3) is 15.0 Å². The first kappa shape index (κ1) is 16.6. The van der Waals surface area contributed by atoms with Crippen LogP contribution in [0.2, 0.25) is 5.02 Å². The number of halogens is 2. The third kappa shape index (κ3) is 3.90. The van der Waals surface area contributed by atoms with Crippen molar-refractivity contribution in [3.63, 3.8) is 0 Å². The number of hydrogen-bond acceptors (Lipinski definition) is 3. The van der Waals surface area contributed by atoms with Gasteiger partial charge in [-0.3, -0.25) is 4.79 Å². The van der Waals surface area contributed by atoms with Crippen LogP contribution < -0.4 is 0 Å². The standard InChI is InChI=1S/C14H17Cl2NO3S/c1-10-4-3-8-17(9-7-10)14(18)13-11(15)5-2-6-12(13)21(16,19)20/h2,5-6,10H,3-4,7-9H2,1H3. The van der Waals surface area contributed by atoms with Crippen molar-refractivity contribution in [2.24, 2.45) is 5.92 Å². The number of carbonyl (C=O) groups excluding carboxylic acids is 1. The molecule has 1 aromatic rings. The highest BCUT2D eigenvalue weighted by Gasteiger charge is 2.27. The van der Waals surface area contributed by atoms with Crippen molar-refractivity contribution in [1.29, 1.82) is 0 Å². The van der Waals surface area contributed by atoms with E-state index in [1.807, 2.05) is 0 Å². The molecule has 116 valence electrons. The fourth-order valence-corrected chi connectivity index (χ4v) is 3.92. The lowest BCUT2D eigenvalue weighted by Crippen LogP contribution is -2.33. The van der Waals surface area contributed by atoms with Gasteiger partial charge in [-0.05, 0) is 37.3 Å². The van der Waals surface area contributed by atoms with Crippen molar-refractivity contribution >= 4 is 37.2 Å². The van der Waals surface area contributed by atoms with Crippen LogP contribution in [0, 0.1) is 5.92 Å². The maximum absolute atomic E-state index is 12.7.